The summed E-state index contributed by atoms with van der Waals surface area (Å²) in [4.78, 5) is 20.1. The van der Waals surface area contributed by atoms with Gasteiger partial charge < -0.3 is 10.4 Å². The van der Waals surface area contributed by atoms with Gasteiger partial charge in [-0.1, -0.05) is 23.7 Å². The summed E-state index contributed by atoms with van der Waals surface area (Å²) in [5.74, 6) is 0.227. The zero-order valence-electron chi connectivity index (χ0n) is 14.2. The van der Waals surface area contributed by atoms with Gasteiger partial charge in [0.1, 0.15) is 0 Å². The number of nitrogens with zero attached hydrogens (tertiary/aromatic N) is 2. The largest absolute Gasteiger partial charge is 0.481 e. The molecule has 0 saturated heterocycles. The van der Waals surface area contributed by atoms with Crippen LogP contribution < -0.4 is 5.32 Å². The molecule has 1 fully saturated rings. The van der Waals surface area contributed by atoms with Crippen molar-refractivity contribution < 1.29 is 9.90 Å². The number of carboxylic acid groups (broad SMARTS) is 1. The second-order valence-electron chi connectivity index (χ2n) is 6.67. The van der Waals surface area contributed by atoms with Crippen LogP contribution in [-0.4, -0.2) is 27.6 Å². The molecule has 1 aliphatic carbocycles. The van der Waals surface area contributed by atoms with E-state index in [0.29, 0.717) is 16.9 Å². The van der Waals surface area contributed by atoms with Crippen molar-refractivity contribution in [1.82, 2.24) is 9.97 Å². The summed E-state index contributed by atoms with van der Waals surface area (Å²) in [5, 5.41) is 13.1. The van der Waals surface area contributed by atoms with E-state index in [1.165, 1.54) is 0 Å². The summed E-state index contributed by atoms with van der Waals surface area (Å²) in [6, 6.07) is 9.55. The van der Waals surface area contributed by atoms with Gasteiger partial charge in [-0.3, -0.25) is 4.79 Å². The van der Waals surface area contributed by atoms with Gasteiger partial charge in [0, 0.05) is 22.8 Å². The quantitative estimate of drug-likeness (QED) is 0.827. The number of carboxylic acids is 1. The number of nitrogens with one attached hydrogen (secondary N) is 1. The number of carbonyl (C=O) groups is 1. The molecule has 0 radical (unpaired) electrons. The lowest BCUT2D eigenvalue weighted by Crippen LogP contribution is -2.25. The normalized spacial score (nSPS) is 20.2. The molecule has 1 saturated carbocycles. The van der Waals surface area contributed by atoms with Gasteiger partial charge in [0.05, 0.1) is 11.6 Å². The smallest absolute Gasteiger partial charge is 0.306 e. The van der Waals surface area contributed by atoms with E-state index in [1.807, 2.05) is 37.3 Å². The Kier molecular flexibility index (Phi) is 5.53. The van der Waals surface area contributed by atoms with Crippen molar-refractivity contribution >= 4 is 23.5 Å². The lowest BCUT2D eigenvalue weighted by atomic mass is 9.82. The molecule has 2 aromatic rings. The minimum absolute atomic E-state index is 0.180. The van der Waals surface area contributed by atoms with Gasteiger partial charge in [-0.15, -0.1) is 0 Å². The molecule has 0 atom stereocenters. The number of anilines is 1. The third-order valence-electron chi connectivity index (χ3n) is 4.72. The highest BCUT2D eigenvalue weighted by Gasteiger charge is 2.25. The van der Waals surface area contributed by atoms with Crippen molar-refractivity contribution in [2.45, 2.75) is 32.6 Å². The van der Waals surface area contributed by atoms with E-state index >= 15 is 0 Å². The van der Waals surface area contributed by atoms with E-state index in [9.17, 15) is 4.79 Å². The molecular weight excluding hydrogens is 338 g/mol. The van der Waals surface area contributed by atoms with Gasteiger partial charge in [0.15, 0.2) is 0 Å². The Labute approximate surface area is 152 Å². The standard InChI is InChI=1S/C19H22ClN3O2/c1-12-9-17(15-3-2-4-16(20)10-15)23-19(22-12)21-11-13-5-7-14(8-6-13)18(24)25/h2-4,9-10,13-14H,5-8,11H2,1H3,(H,24,25)(H,21,22,23). The molecule has 5 nitrogen and oxygen atoms in total. The predicted octanol–water partition coefficient (Wildman–Crippen LogP) is 4.41. The van der Waals surface area contributed by atoms with Gasteiger partial charge in [0.2, 0.25) is 5.95 Å². The average molecular weight is 360 g/mol. The summed E-state index contributed by atoms with van der Waals surface area (Å²) in [7, 11) is 0. The second-order valence-corrected chi connectivity index (χ2v) is 7.10. The zero-order chi connectivity index (χ0) is 17.8. The van der Waals surface area contributed by atoms with Crippen molar-refractivity contribution in [1.29, 1.82) is 0 Å². The molecular formula is C19H22ClN3O2. The van der Waals surface area contributed by atoms with Crippen molar-refractivity contribution in [2.75, 3.05) is 11.9 Å². The molecule has 0 spiro atoms. The van der Waals surface area contributed by atoms with E-state index in [0.717, 1.165) is 49.2 Å². The molecule has 132 valence electrons. The van der Waals surface area contributed by atoms with E-state index in [-0.39, 0.29) is 5.92 Å². The Bertz CT molecular complexity index is 758. The van der Waals surface area contributed by atoms with E-state index in [2.05, 4.69) is 15.3 Å². The number of aromatic nitrogens is 2. The monoisotopic (exact) mass is 359 g/mol. The molecule has 2 N–H and O–H groups in total. The minimum atomic E-state index is -0.667. The molecule has 1 heterocycles. The van der Waals surface area contributed by atoms with Crippen LogP contribution in [0.4, 0.5) is 5.95 Å². The highest BCUT2D eigenvalue weighted by Crippen LogP contribution is 2.29. The Morgan fingerprint density at radius 3 is 2.68 bits per heavy atom. The van der Waals surface area contributed by atoms with Crippen molar-refractivity contribution in [3.63, 3.8) is 0 Å². The first-order valence-electron chi connectivity index (χ1n) is 8.59. The van der Waals surface area contributed by atoms with E-state index in [1.54, 1.807) is 0 Å². The maximum atomic E-state index is 11.0. The lowest BCUT2D eigenvalue weighted by molar-refractivity contribution is -0.143. The second kappa shape index (κ2) is 7.83. The fourth-order valence-corrected chi connectivity index (χ4v) is 3.48. The summed E-state index contributed by atoms with van der Waals surface area (Å²) in [5.41, 5.74) is 2.69. The van der Waals surface area contributed by atoms with Crippen molar-refractivity contribution in [2.24, 2.45) is 11.8 Å². The Morgan fingerprint density at radius 1 is 1.24 bits per heavy atom. The van der Waals surface area contributed by atoms with Gasteiger partial charge in [-0.2, -0.15) is 0 Å². The van der Waals surface area contributed by atoms with E-state index in [4.69, 9.17) is 16.7 Å². The molecule has 1 aromatic carbocycles. The van der Waals surface area contributed by atoms with Crippen LogP contribution in [0.5, 0.6) is 0 Å². The van der Waals surface area contributed by atoms with Crippen LogP contribution in [0.2, 0.25) is 5.02 Å². The average Bonchev–Trinajstić information content (AvgIpc) is 2.60. The number of aryl methyl sites for hydroxylation is 1. The lowest BCUT2D eigenvalue weighted by Gasteiger charge is -2.26. The van der Waals surface area contributed by atoms with Crippen LogP contribution >= 0.6 is 11.6 Å². The van der Waals surface area contributed by atoms with Crippen LogP contribution in [-0.2, 0) is 4.79 Å². The van der Waals surface area contributed by atoms with Gasteiger partial charge in [-0.25, -0.2) is 9.97 Å². The molecule has 3 rings (SSSR count). The highest BCUT2D eigenvalue weighted by molar-refractivity contribution is 6.30. The first kappa shape index (κ1) is 17.7. The molecule has 0 amide bonds. The SMILES string of the molecule is Cc1cc(-c2cccc(Cl)c2)nc(NCC2CCC(C(=O)O)CC2)n1. The van der Waals surface area contributed by atoms with Crippen LogP contribution in [0.3, 0.4) is 0 Å². The molecule has 0 unspecified atom stereocenters. The summed E-state index contributed by atoms with van der Waals surface area (Å²) in [6.45, 7) is 2.71. The highest BCUT2D eigenvalue weighted by atomic mass is 35.5. The molecule has 0 aliphatic heterocycles. The third-order valence-corrected chi connectivity index (χ3v) is 4.95. The van der Waals surface area contributed by atoms with Crippen LogP contribution in [0, 0.1) is 18.8 Å². The molecule has 1 aromatic heterocycles. The summed E-state index contributed by atoms with van der Waals surface area (Å²) < 4.78 is 0. The number of aliphatic carboxylic acids is 1. The Hall–Kier alpha value is -2.14. The van der Waals surface area contributed by atoms with Crippen LogP contribution in [0.25, 0.3) is 11.3 Å². The van der Waals surface area contributed by atoms with Crippen LogP contribution in [0.1, 0.15) is 31.4 Å². The fraction of sp³-hybridized carbons (Fsp3) is 0.421. The fourth-order valence-electron chi connectivity index (χ4n) is 3.29. The number of hydrogen-bond acceptors (Lipinski definition) is 4. The summed E-state index contributed by atoms with van der Waals surface area (Å²) >= 11 is 6.07. The van der Waals surface area contributed by atoms with Crippen molar-refractivity contribution in [3.8, 4) is 11.3 Å². The molecule has 6 heteroatoms. The molecule has 25 heavy (non-hydrogen) atoms. The number of rotatable bonds is 5. The van der Waals surface area contributed by atoms with Gasteiger partial charge in [-0.05, 0) is 56.7 Å². The first-order chi connectivity index (χ1) is 12.0. The number of halogens is 1. The predicted molar refractivity (Wildman–Crippen MR) is 98.8 cm³/mol. The molecule has 1 aliphatic rings. The maximum Gasteiger partial charge on any atom is 0.306 e. The summed E-state index contributed by atoms with van der Waals surface area (Å²) in [6.07, 6.45) is 3.36. The number of benzene rings is 1. The third kappa shape index (κ3) is 4.69. The first-order valence-corrected chi connectivity index (χ1v) is 8.97. The number of hydrogen-bond donors (Lipinski definition) is 2. The molecule has 0 bridgehead atoms. The Morgan fingerprint density at radius 2 is 2.00 bits per heavy atom. The zero-order valence-corrected chi connectivity index (χ0v) is 15.0. The van der Waals surface area contributed by atoms with Crippen LogP contribution in [0.15, 0.2) is 30.3 Å². The van der Waals surface area contributed by atoms with Crippen molar-refractivity contribution in [3.05, 3.63) is 41.0 Å². The topological polar surface area (TPSA) is 75.1 Å². The Balaban J connectivity index is 1.64. The maximum absolute atomic E-state index is 11.0. The van der Waals surface area contributed by atoms with Gasteiger partial charge >= 0.3 is 5.97 Å². The minimum Gasteiger partial charge on any atom is -0.481 e. The van der Waals surface area contributed by atoms with E-state index < -0.39 is 5.97 Å². The van der Waals surface area contributed by atoms with Gasteiger partial charge in [0.25, 0.3) is 0 Å².